The van der Waals surface area contributed by atoms with E-state index in [1.807, 2.05) is 24.3 Å². The Kier molecular flexibility index (Phi) is 7.85. The van der Waals surface area contributed by atoms with E-state index in [0.29, 0.717) is 32.2 Å². The van der Waals surface area contributed by atoms with E-state index < -0.39 is 11.4 Å². The monoisotopic (exact) mass is 597 g/mol. The summed E-state index contributed by atoms with van der Waals surface area (Å²) in [5.41, 5.74) is 7.59. The minimum Gasteiger partial charge on any atom is -0.488 e. The number of hydrogen-bond acceptors (Lipinski definition) is 7. The van der Waals surface area contributed by atoms with Gasteiger partial charge in [-0.25, -0.2) is 4.98 Å². The molecule has 2 saturated heterocycles. The van der Waals surface area contributed by atoms with Crippen LogP contribution in [0.1, 0.15) is 47.1 Å². The van der Waals surface area contributed by atoms with Crippen LogP contribution < -0.4 is 9.64 Å². The van der Waals surface area contributed by atoms with Crippen molar-refractivity contribution in [3.05, 3.63) is 76.3 Å². The number of piperidine rings is 1. The van der Waals surface area contributed by atoms with Crippen LogP contribution in [-0.2, 0) is 33.8 Å². The maximum absolute atomic E-state index is 12.2. The fraction of sp³-hybridized carbons (Fsp3) is 0.500. The molecule has 0 spiro atoms. The summed E-state index contributed by atoms with van der Waals surface area (Å²) in [6.07, 6.45) is 4.04. The van der Waals surface area contributed by atoms with Gasteiger partial charge in [-0.15, -0.1) is 0 Å². The summed E-state index contributed by atoms with van der Waals surface area (Å²) in [6, 6.07) is 17.2. The van der Waals surface area contributed by atoms with E-state index in [2.05, 4.69) is 47.9 Å². The number of carboxylic acids is 1. The van der Waals surface area contributed by atoms with Crippen LogP contribution in [0.3, 0.4) is 0 Å². The maximum Gasteiger partial charge on any atom is 0.312 e. The second-order valence-corrected chi connectivity index (χ2v) is 13.2. The van der Waals surface area contributed by atoms with Crippen LogP contribution >= 0.6 is 0 Å². The van der Waals surface area contributed by atoms with Gasteiger partial charge in [-0.1, -0.05) is 29.8 Å². The van der Waals surface area contributed by atoms with E-state index in [0.717, 1.165) is 74.0 Å². The van der Waals surface area contributed by atoms with E-state index in [9.17, 15) is 9.90 Å². The predicted molar refractivity (Wildman–Crippen MR) is 169 cm³/mol. The van der Waals surface area contributed by atoms with E-state index >= 15 is 0 Å². The Morgan fingerprint density at radius 3 is 2.77 bits per heavy atom. The summed E-state index contributed by atoms with van der Waals surface area (Å²) in [7, 11) is 1.63. The number of methoxy groups -OCH3 is 1. The topological polar surface area (TPSA) is 84.4 Å². The highest BCUT2D eigenvalue weighted by Crippen LogP contribution is 2.62. The number of carboxylic acid groups (broad SMARTS) is 1. The van der Waals surface area contributed by atoms with E-state index in [-0.39, 0.29) is 12.0 Å². The molecule has 0 amide bonds. The lowest BCUT2D eigenvalue weighted by Crippen LogP contribution is -2.43. The number of ether oxygens (including phenoxy) is 3. The van der Waals surface area contributed by atoms with Gasteiger partial charge in [0.05, 0.1) is 23.8 Å². The summed E-state index contributed by atoms with van der Waals surface area (Å²) in [4.78, 5) is 22.1. The first-order chi connectivity index (χ1) is 21.4. The molecule has 4 aliphatic rings. The number of fused-ring (bicyclic) bond motifs is 2. The van der Waals surface area contributed by atoms with Crippen molar-refractivity contribution >= 4 is 11.8 Å². The minimum absolute atomic E-state index is 0.133. The molecule has 1 aromatic heterocycles. The molecule has 3 atom stereocenters. The molecule has 3 aromatic rings. The molecule has 3 fully saturated rings. The van der Waals surface area contributed by atoms with Crippen molar-refractivity contribution in [1.29, 1.82) is 0 Å². The minimum atomic E-state index is -0.735. The highest BCUT2D eigenvalue weighted by atomic mass is 16.5. The highest BCUT2D eigenvalue weighted by molar-refractivity contribution is 5.82. The summed E-state index contributed by atoms with van der Waals surface area (Å²) < 4.78 is 17.6. The fourth-order valence-electron chi connectivity index (χ4n) is 7.96. The molecule has 0 bridgehead atoms. The smallest absolute Gasteiger partial charge is 0.312 e. The number of aryl methyl sites for hydroxylation is 2. The maximum atomic E-state index is 12.2. The summed E-state index contributed by atoms with van der Waals surface area (Å²) in [6.45, 7) is 9.71. The predicted octanol–water partition coefficient (Wildman–Crippen LogP) is 5.41. The molecule has 1 N–H and O–H groups in total. The second kappa shape index (κ2) is 11.8. The first kappa shape index (κ1) is 29.3. The number of hydrogen-bond donors (Lipinski definition) is 1. The Labute approximate surface area is 259 Å². The van der Waals surface area contributed by atoms with Gasteiger partial charge < -0.3 is 24.2 Å². The number of carbonyl (C=O) groups is 1. The zero-order chi connectivity index (χ0) is 30.4. The molecule has 8 heteroatoms. The van der Waals surface area contributed by atoms with Crippen LogP contribution in [0.4, 0.5) is 5.82 Å². The van der Waals surface area contributed by atoms with Crippen molar-refractivity contribution in [3.63, 3.8) is 0 Å². The van der Waals surface area contributed by atoms with Crippen molar-refractivity contribution < 1.29 is 24.1 Å². The average molecular weight is 598 g/mol. The number of aromatic nitrogens is 1. The lowest BCUT2D eigenvalue weighted by atomic mass is 9.91. The summed E-state index contributed by atoms with van der Waals surface area (Å²) >= 11 is 0. The van der Waals surface area contributed by atoms with Crippen molar-refractivity contribution in [2.45, 2.75) is 64.8 Å². The largest absolute Gasteiger partial charge is 0.488 e. The molecule has 232 valence electrons. The fourth-order valence-corrected chi connectivity index (χ4v) is 7.96. The van der Waals surface area contributed by atoms with Gasteiger partial charge in [0, 0.05) is 51.6 Å². The number of anilines is 1. The van der Waals surface area contributed by atoms with Gasteiger partial charge in [0.2, 0.25) is 0 Å². The van der Waals surface area contributed by atoms with Crippen LogP contribution in [0.5, 0.6) is 5.75 Å². The third-order valence-electron chi connectivity index (χ3n) is 10.5. The van der Waals surface area contributed by atoms with Crippen LogP contribution in [0, 0.1) is 25.2 Å². The van der Waals surface area contributed by atoms with Crippen LogP contribution in [-0.4, -0.2) is 73.1 Å². The molecule has 0 unspecified atom stereocenters. The quantitative estimate of drug-likeness (QED) is 0.351. The summed E-state index contributed by atoms with van der Waals surface area (Å²) in [5, 5.41) is 10.1. The van der Waals surface area contributed by atoms with Crippen molar-refractivity contribution in [3.8, 4) is 17.0 Å². The van der Waals surface area contributed by atoms with Crippen LogP contribution in [0.2, 0.25) is 0 Å². The second-order valence-electron chi connectivity index (χ2n) is 13.2. The molecule has 1 saturated carbocycles. The Balaban J connectivity index is 1.10. The third kappa shape index (κ3) is 5.27. The average Bonchev–Trinajstić information content (AvgIpc) is 3.69. The Morgan fingerprint density at radius 1 is 1.14 bits per heavy atom. The lowest BCUT2D eigenvalue weighted by Gasteiger charge is -2.38. The zero-order valence-electron chi connectivity index (χ0n) is 26.1. The Morgan fingerprint density at radius 2 is 1.98 bits per heavy atom. The van der Waals surface area contributed by atoms with Crippen LogP contribution in [0.25, 0.3) is 11.3 Å². The molecule has 7 rings (SSSR count). The molecule has 8 nitrogen and oxygen atoms in total. The molecule has 0 radical (unpaired) electrons. The van der Waals surface area contributed by atoms with Crippen LogP contribution in [0.15, 0.2) is 48.5 Å². The Hall–Kier alpha value is -3.46. The Bertz CT molecular complexity index is 1550. The van der Waals surface area contributed by atoms with Gasteiger partial charge in [-0.05, 0) is 92.0 Å². The third-order valence-corrected chi connectivity index (χ3v) is 10.5. The number of nitrogens with zero attached hydrogens (tertiary/aromatic N) is 3. The number of rotatable bonds is 9. The van der Waals surface area contributed by atoms with Gasteiger partial charge in [-0.2, -0.15) is 0 Å². The van der Waals surface area contributed by atoms with Crippen molar-refractivity contribution in [2.24, 2.45) is 11.3 Å². The number of pyridine rings is 1. The molecule has 4 heterocycles. The highest BCUT2D eigenvalue weighted by Gasteiger charge is 2.71. The van der Waals surface area contributed by atoms with Crippen molar-refractivity contribution in [2.75, 3.05) is 44.9 Å². The van der Waals surface area contributed by atoms with Crippen molar-refractivity contribution in [1.82, 2.24) is 9.88 Å². The molecule has 44 heavy (non-hydrogen) atoms. The molecule has 2 aromatic carbocycles. The van der Waals surface area contributed by atoms with E-state index in [1.54, 1.807) is 7.11 Å². The normalized spacial score (nSPS) is 25.0. The SMILES string of the molecule is COC[C@H]1N(c2cccc(-c3cc(C)ccc3OCc3cc(C)c4c(c3)CCN(C3CCOCC3)C4)n2)C[C@@H]2C[C@@]21C(=O)O. The van der Waals surface area contributed by atoms with Gasteiger partial charge in [0.1, 0.15) is 18.2 Å². The standard InChI is InChI=1S/C36H43N3O5/c1-23-7-8-32(44-21-25-16-24(2)30-20-38(12-9-26(30)17-25)28-10-13-43-14-11-28)29(15-23)31-5-4-6-34(37-31)39-19-27-18-36(27,35(40)41)33(39)22-42-3/h4-8,15-17,27-28,33H,9-14,18-22H2,1-3H3,(H,40,41)/t27-,33+,36+/m0/s1. The summed E-state index contributed by atoms with van der Waals surface area (Å²) in [5.74, 6) is 0.978. The van der Waals surface area contributed by atoms with Gasteiger partial charge >= 0.3 is 5.97 Å². The van der Waals surface area contributed by atoms with E-state index in [1.165, 1.54) is 22.3 Å². The van der Waals surface area contributed by atoms with Gasteiger partial charge in [0.15, 0.2) is 0 Å². The molecular formula is C36H43N3O5. The lowest BCUT2D eigenvalue weighted by molar-refractivity contribution is -0.144. The molecular weight excluding hydrogens is 554 g/mol. The van der Waals surface area contributed by atoms with Gasteiger partial charge in [0.25, 0.3) is 0 Å². The van der Waals surface area contributed by atoms with E-state index in [4.69, 9.17) is 19.2 Å². The number of benzene rings is 2. The van der Waals surface area contributed by atoms with Gasteiger partial charge in [-0.3, -0.25) is 9.69 Å². The zero-order valence-corrected chi connectivity index (χ0v) is 26.1. The molecule has 3 aliphatic heterocycles. The first-order valence-corrected chi connectivity index (χ1v) is 16.0. The first-order valence-electron chi connectivity index (χ1n) is 16.0. The molecule has 1 aliphatic carbocycles. The number of aliphatic carboxylic acids is 1.